The molecule has 0 aliphatic rings. The number of furan rings is 1. The van der Waals surface area contributed by atoms with Crippen LogP contribution in [0.2, 0.25) is 0 Å². The van der Waals surface area contributed by atoms with Crippen LogP contribution in [0.5, 0.6) is 0 Å². The van der Waals surface area contributed by atoms with E-state index in [2.05, 4.69) is 25.7 Å². The second-order valence-electron chi connectivity index (χ2n) is 6.95. The molecule has 1 unspecified atom stereocenters. The summed E-state index contributed by atoms with van der Waals surface area (Å²) in [5, 5.41) is 10.4. The van der Waals surface area contributed by atoms with E-state index in [1.807, 2.05) is 17.8 Å². The summed E-state index contributed by atoms with van der Waals surface area (Å²) >= 11 is 1.53. The number of carbonyl (C=O) groups is 2. The number of hydrogen-bond acceptors (Lipinski definition) is 7. The molecule has 1 aromatic carbocycles. The summed E-state index contributed by atoms with van der Waals surface area (Å²) in [6.45, 7) is 1.73. The largest absolute Gasteiger partial charge is 0.455 e. The molecule has 0 fully saturated rings. The van der Waals surface area contributed by atoms with Crippen molar-refractivity contribution in [2.24, 2.45) is 7.05 Å². The third kappa shape index (κ3) is 5.06. The minimum atomic E-state index is -0.499. The number of nitrogens with zero attached hydrogens (tertiary/aromatic N) is 5. The van der Waals surface area contributed by atoms with Crippen LogP contribution in [0.4, 0.5) is 11.4 Å². The summed E-state index contributed by atoms with van der Waals surface area (Å²) in [4.78, 5) is 32.9. The average Bonchev–Trinajstić information content (AvgIpc) is 3.55. The van der Waals surface area contributed by atoms with Gasteiger partial charge in [0.1, 0.15) is 24.5 Å². The Kier molecular flexibility index (Phi) is 6.36. The van der Waals surface area contributed by atoms with Crippen molar-refractivity contribution in [3.63, 3.8) is 0 Å². The molecule has 0 bridgehead atoms. The van der Waals surface area contributed by atoms with E-state index in [0.29, 0.717) is 22.9 Å². The molecule has 0 spiro atoms. The lowest BCUT2D eigenvalue weighted by Gasteiger charge is -2.12. The Balaban J connectivity index is 1.30. The number of carbonyl (C=O) groups excluding carboxylic acids is 2. The summed E-state index contributed by atoms with van der Waals surface area (Å²) in [7, 11) is 1.92. The van der Waals surface area contributed by atoms with Gasteiger partial charge in [-0.05, 0) is 43.3 Å². The van der Waals surface area contributed by atoms with Crippen LogP contribution in [0.3, 0.4) is 0 Å². The molecular weight excluding hydrogens is 430 g/mol. The van der Waals surface area contributed by atoms with Crippen molar-refractivity contribution in [1.82, 2.24) is 24.3 Å². The molecule has 0 saturated heterocycles. The van der Waals surface area contributed by atoms with Gasteiger partial charge in [-0.25, -0.2) is 14.6 Å². The molecule has 4 rings (SSSR count). The van der Waals surface area contributed by atoms with Gasteiger partial charge >= 0.3 is 0 Å². The van der Waals surface area contributed by atoms with E-state index in [4.69, 9.17) is 4.42 Å². The van der Waals surface area contributed by atoms with Crippen LogP contribution in [0.1, 0.15) is 29.3 Å². The molecule has 0 radical (unpaired) electrons. The molecular formula is C21H21N7O3S. The van der Waals surface area contributed by atoms with Crippen molar-refractivity contribution in [3.8, 4) is 0 Å². The zero-order valence-corrected chi connectivity index (χ0v) is 18.2. The minimum absolute atomic E-state index is 0.222. The third-order valence-electron chi connectivity index (χ3n) is 4.63. The highest BCUT2D eigenvalue weighted by Gasteiger charge is 2.16. The number of benzene rings is 1. The molecule has 4 aromatic rings. The molecule has 10 nitrogen and oxygen atoms in total. The van der Waals surface area contributed by atoms with Crippen molar-refractivity contribution in [3.05, 3.63) is 73.0 Å². The molecule has 11 heteroatoms. The van der Waals surface area contributed by atoms with E-state index < -0.39 is 6.04 Å². The SMILES string of the molecule is CC(C(=O)Nc1ccc(NC(=O)c2ccc(CSc3nccn3C)o2)cc1)n1cncn1. The summed E-state index contributed by atoms with van der Waals surface area (Å²) < 4.78 is 9.04. The van der Waals surface area contributed by atoms with E-state index >= 15 is 0 Å². The zero-order valence-electron chi connectivity index (χ0n) is 17.4. The van der Waals surface area contributed by atoms with Crippen molar-refractivity contribution in [2.45, 2.75) is 23.9 Å². The first kappa shape index (κ1) is 21.4. The number of imidazole rings is 1. The number of thioether (sulfide) groups is 1. The van der Waals surface area contributed by atoms with Crippen LogP contribution >= 0.6 is 11.8 Å². The lowest BCUT2D eigenvalue weighted by molar-refractivity contribution is -0.119. The highest BCUT2D eigenvalue weighted by Crippen LogP contribution is 2.22. The second-order valence-corrected chi connectivity index (χ2v) is 7.89. The number of aryl methyl sites for hydroxylation is 1. The first-order chi connectivity index (χ1) is 15.5. The van der Waals surface area contributed by atoms with Crippen LogP contribution in [0.25, 0.3) is 0 Å². The maximum atomic E-state index is 12.5. The van der Waals surface area contributed by atoms with E-state index in [1.165, 1.54) is 29.1 Å². The summed E-state index contributed by atoms with van der Waals surface area (Å²) in [5.74, 6) is 0.898. The molecule has 0 aliphatic heterocycles. The third-order valence-corrected chi connectivity index (χ3v) is 5.71. The van der Waals surface area contributed by atoms with E-state index in [0.717, 1.165) is 5.16 Å². The second kappa shape index (κ2) is 9.52. The Labute approximate surface area is 188 Å². The fourth-order valence-corrected chi connectivity index (χ4v) is 3.64. The van der Waals surface area contributed by atoms with Crippen LogP contribution < -0.4 is 10.6 Å². The van der Waals surface area contributed by atoms with Crippen molar-refractivity contribution in [2.75, 3.05) is 10.6 Å². The number of hydrogen-bond donors (Lipinski definition) is 2. The number of rotatable bonds is 8. The van der Waals surface area contributed by atoms with Gasteiger partial charge in [-0.3, -0.25) is 9.59 Å². The lowest BCUT2D eigenvalue weighted by Crippen LogP contribution is -2.24. The predicted molar refractivity (Wildman–Crippen MR) is 119 cm³/mol. The predicted octanol–water partition coefficient (Wildman–Crippen LogP) is 3.35. The zero-order chi connectivity index (χ0) is 22.5. The Hall–Kier alpha value is -3.86. The topological polar surface area (TPSA) is 120 Å². The van der Waals surface area contributed by atoms with Crippen LogP contribution in [0, 0.1) is 0 Å². The van der Waals surface area contributed by atoms with Gasteiger partial charge in [0.2, 0.25) is 5.91 Å². The van der Waals surface area contributed by atoms with Gasteiger partial charge in [0, 0.05) is 30.8 Å². The number of anilines is 2. The van der Waals surface area contributed by atoms with Crippen molar-refractivity contribution >= 4 is 35.0 Å². The monoisotopic (exact) mass is 451 g/mol. The fourth-order valence-electron chi connectivity index (χ4n) is 2.82. The normalized spacial score (nSPS) is 11.8. The molecule has 0 aliphatic carbocycles. The maximum Gasteiger partial charge on any atom is 0.291 e. The number of nitrogens with one attached hydrogen (secondary N) is 2. The van der Waals surface area contributed by atoms with Gasteiger partial charge < -0.3 is 19.6 Å². The average molecular weight is 452 g/mol. The standard InChI is InChI=1S/C21H21N7O3S/c1-14(28-13-22-12-24-28)19(29)25-15-3-5-16(6-4-15)26-20(30)18-8-7-17(31-18)11-32-21-23-9-10-27(21)2/h3-10,12-14H,11H2,1-2H3,(H,25,29)(H,26,30). The quantitative estimate of drug-likeness (QED) is 0.394. The first-order valence-corrected chi connectivity index (χ1v) is 10.7. The van der Waals surface area contributed by atoms with E-state index in [1.54, 1.807) is 49.5 Å². The Morgan fingerprint density at radius 3 is 2.53 bits per heavy atom. The molecule has 2 N–H and O–H groups in total. The smallest absolute Gasteiger partial charge is 0.291 e. The summed E-state index contributed by atoms with van der Waals surface area (Å²) in [6.07, 6.45) is 6.47. The highest BCUT2D eigenvalue weighted by atomic mass is 32.2. The van der Waals surface area contributed by atoms with Gasteiger partial charge in [-0.1, -0.05) is 11.8 Å². The van der Waals surface area contributed by atoms with Crippen LogP contribution in [-0.2, 0) is 17.6 Å². The summed E-state index contributed by atoms with van der Waals surface area (Å²) in [5.41, 5.74) is 1.18. The van der Waals surface area contributed by atoms with Gasteiger partial charge in [0.25, 0.3) is 5.91 Å². The van der Waals surface area contributed by atoms with Crippen molar-refractivity contribution in [1.29, 1.82) is 0 Å². The van der Waals surface area contributed by atoms with Crippen LogP contribution in [-0.4, -0.2) is 36.1 Å². The van der Waals surface area contributed by atoms with Crippen molar-refractivity contribution < 1.29 is 14.0 Å². The molecule has 164 valence electrons. The van der Waals surface area contributed by atoms with E-state index in [-0.39, 0.29) is 17.6 Å². The molecule has 0 saturated carbocycles. The summed E-state index contributed by atoms with van der Waals surface area (Å²) in [6, 6.07) is 9.74. The molecule has 1 atom stereocenters. The van der Waals surface area contributed by atoms with E-state index in [9.17, 15) is 9.59 Å². The first-order valence-electron chi connectivity index (χ1n) is 9.75. The fraction of sp³-hybridized carbons (Fsp3) is 0.190. The maximum absolute atomic E-state index is 12.5. The van der Waals surface area contributed by atoms with Gasteiger partial charge in [0.05, 0.1) is 5.75 Å². The number of amides is 2. The molecule has 2 amide bonds. The Morgan fingerprint density at radius 1 is 1.12 bits per heavy atom. The minimum Gasteiger partial charge on any atom is -0.455 e. The molecule has 3 aromatic heterocycles. The molecule has 3 heterocycles. The van der Waals surface area contributed by atoms with Gasteiger partial charge in [-0.2, -0.15) is 5.10 Å². The molecule has 32 heavy (non-hydrogen) atoms. The number of aromatic nitrogens is 5. The van der Waals surface area contributed by atoms with Gasteiger partial charge in [0.15, 0.2) is 10.9 Å². The Bertz CT molecular complexity index is 1200. The lowest BCUT2D eigenvalue weighted by atomic mass is 10.2. The highest BCUT2D eigenvalue weighted by molar-refractivity contribution is 7.98. The van der Waals surface area contributed by atoms with Gasteiger partial charge in [-0.15, -0.1) is 0 Å². The van der Waals surface area contributed by atoms with Crippen LogP contribution in [0.15, 0.2) is 71.0 Å². The Morgan fingerprint density at radius 2 is 1.88 bits per heavy atom.